The normalized spacial score (nSPS) is 11.9. The summed E-state index contributed by atoms with van der Waals surface area (Å²) in [4.78, 5) is 26.1. The highest BCUT2D eigenvalue weighted by molar-refractivity contribution is 7.11. The Labute approximate surface area is 174 Å². The predicted octanol–water partition coefficient (Wildman–Crippen LogP) is 3.00. The smallest absolute Gasteiger partial charge is 0.411 e. The zero-order valence-corrected chi connectivity index (χ0v) is 17.7. The van der Waals surface area contributed by atoms with Gasteiger partial charge in [-0.2, -0.15) is 0 Å². The van der Waals surface area contributed by atoms with E-state index in [1.165, 1.54) is 11.3 Å². The van der Waals surface area contributed by atoms with Gasteiger partial charge in [-0.05, 0) is 30.0 Å². The Morgan fingerprint density at radius 2 is 2.14 bits per heavy atom. The molecule has 158 valence electrons. The van der Waals surface area contributed by atoms with Gasteiger partial charge < -0.3 is 25.3 Å². The van der Waals surface area contributed by atoms with E-state index in [4.69, 9.17) is 19.9 Å². The van der Waals surface area contributed by atoms with Gasteiger partial charge in [-0.1, -0.05) is 31.3 Å². The van der Waals surface area contributed by atoms with Crippen LogP contribution in [0.5, 0.6) is 10.9 Å². The number of ether oxygens (including phenoxy) is 3. The molecule has 1 heterocycles. The van der Waals surface area contributed by atoms with Gasteiger partial charge in [0, 0.05) is 37.1 Å². The van der Waals surface area contributed by atoms with Crippen LogP contribution in [0.15, 0.2) is 23.6 Å². The fourth-order valence-electron chi connectivity index (χ4n) is 2.75. The number of carbonyl (C=O) groups is 2. The van der Waals surface area contributed by atoms with Crippen molar-refractivity contribution < 1.29 is 23.8 Å². The van der Waals surface area contributed by atoms with Gasteiger partial charge in [0.1, 0.15) is 5.75 Å². The van der Waals surface area contributed by atoms with Crippen LogP contribution in [-0.4, -0.2) is 43.9 Å². The van der Waals surface area contributed by atoms with Gasteiger partial charge in [0.05, 0.1) is 12.3 Å². The molecule has 2 rings (SSSR count). The minimum atomic E-state index is -0.903. The van der Waals surface area contributed by atoms with Crippen LogP contribution in [0.3, 0.4) is 0 Å². The number of thiazole rings is 1. The Hall–Kier alpha value is -2.65. The summed E-state index contributed by atoms with van der Waals surface area (Å²) >= 11 is 1.18. The van der Waals surface area contributed by atoms with Crippen LogP contribution < -0.4 is 20.5 Å². The first-order chi connectivity index (χ1) is 13.9. The lowest BCUT2D eigenvalue weighted by atomic mass is 9.95. The SMILES string of the molecule is COCCCOc1cc(CC(NC=O)C(C)C)ccc1-c1csc(OC(N)=O)n1. The molecule has 0 aliphatic carbocycles. The highest BCUT2D eigenvalue weighted by Gasteiger charge is 2.17. The van der Waals surface area contributed by atoms with E-state index in [1.54, 1.807) is 12.5 Å². The van der Waals surface area contributed by atoms with Gasteiger partial charge >= 0.3 is 6.09 Å². The van der Waals surface area contributed by atoms with E-state index in [0.29, 0.717) is 31.1 Å². The summed E-state index contributed by atoms with van der Waals surface area (Å²) in [6.07, 6.45) is 1.25. The van der Waals surface area contributed by atoms with Crippen molar-refractivity contribution in [3.8, 4) is 22.2 Å². The molecule has 3 N–H and O–H groups in total. The van der Waals surface area contributed by atoms with Crippen LogP contribution in [0.4, 0.5) is 4.79 Å². The van der Waals surface area contributed by atoms with Crippen LogP contribution in [0.2, 0.25) is 0 Å². The molecule has 9 heteroatoms. The summed E-state index contributed by atoms with van der Waals surface area (Å²) in [6.45, 7) is 5.21. The van der Waals surface area contributed by atoms with Gasteiger partial charge in [0.2, 0.25) is 6.41 Å². The number of methoxy groups -OCH3 is 1. The lowest BCUT2D eigenvalue weighted by molar-refractivity contribution is -0.110. The second-order valence-electron chi connectivity index (χ2n) is 6.78. The molecule has 0 spiro atoms. The van der Waals surface area contributed by atoms with Crippen molar-refractivity contribution in [2.24, 2.45) is 11.7 Å². The molecule has 1 atom stereocenters. The molecular formula is C20H27N3O5S. The monoisotopic (exact) mass is 421 g/mol. The molecule has 0 saturated carbocycles. The van der Waals surface area contributed by atoms with E-state index in [9.17, 15) is 9.59 Å². The van der Waals surface area contributed by atoms with Gasteiger partial charge in [-0.25, -0.2) is 9.78 Å². The third-order valence-electron chi connectivity index (χ3n) is 4.29. The fourth-order valence-corrected chi connectivity index (χ4v) is 3.43. The van der Waals surface area contributed by atoms with Crippen LogP contribution in [-0.2, 0) is 16.0 Å². The van der Waals surface area contributed by atoms with Gasteiger partial charge in [0.15, 0.2) is 0 Å². The summed E-state index contributed by atoms with van der Waals surface area (Å²) in [5.41, 5.74) is 7.50. The van der Waals surface area contributed by atoms with Crippen molar-refractivity contribution in [3.63, 3.8) is 0 Å². The molecule has 1 unspecified atom stereocenters. The summed E-state index contributed by atoms with van der Waals surface area (Å²) in [5, 5.41) is 4.82. The fraction of sp³-hybridized carbons (Fsp3) is 0.450. The van der Waals surface area contributed by atoms with E-state index in [-0.39, 0.29) is 17.2 Å². The molecule has 2 aromatic rings. The van der Waals surface area contributed by atoms with Gasteiger partial charge in [0.25, 0.3) is 5.19 Å². The molecule has 1 aromatic carbocycles. The molecule has 29 heavy (non-hydrogen) atoms. The average Bonchev–Trinajstić information content (AvgIpc) is 3.12. The topological polar surface area (TPSA) is 113 Å². The summed E-state index contributed by atoms with van der Waals surface area (Å²) in [5.74, 6) is 0.959. The van der Waals surface area contributed by atoms with E-state index < -0.39 is 6.09 Å². The number of aromatic nitrogens is 1. The number of hydrogen-bond acceptors (Lipinski definition) is 7. The van der Waals surface area contributed by atoms with Crippen LogP contribution in [0, 0.1) is 5.92 Å². The number of amides is 2. The van der Waals surface area contributed by atoms with Gasteiger partial charge in [-0.3, -0.25) is 4.79 Å². The molecule has 8 nitrogen and oxygen atoms in total. The quantitative estimate of drug-likeness (QED) is 0.402. The van der Waals surface area contributed by atoms with Crippen molar-refractivity contribution >= 4 is 23.8 Å². The molecule has 0 aliphatic rings. The number of hydrogen-bond donors (Lipinski definition) is 2. The number of carbonyl (C=O) groups excluding carboxylic acids is 2. The minimum absolute atomic E-state index is 0.0227. The molecule has 0 radical (unpaired) electrons. The maximum atomic E-state index is 10.9. The Balaban J connectivity index is 2.27. The number of nitrogens with one attached hydrogen (secondary N) is 1. The molecule has 0 fully saturated rings. The Morgan fingerprint density at radius 3 is 2.79 bits per heavy atom. The lowest BCUT2D eigenvalue weighted by Gasteiger charge is -2.21. The number of nitrogens with zero attached hydrogens (tertiary/aromatic N) is 1. The van der Waals surface area contributed by atoms with E-state index in [2.05, 4.69) is 24.1 Å². The van der Waals surface area contributed by atoms with Crippen molar-refractivity contribution in [2.75, 3.05) is 20.3 Å². The summed E-state index contributed by atoms with van der Waals surface area (Å²) < 4.78 is 15.9. The second kappa shape index (κ2) is 11.4. The number of benzene rings is 1. The summed E-state index contributed by atoms with van der Waals surface area (Å²) in [7, 11) is 1.65. The van der Waals surface area contributed by atoms with Crippen molar-refractivity contribution in [1.82, 2.24) is 10.3 Å². The lowest BCUT2D eigenvalue weighted by Crippen LogP contribution is -2.34. The first kappa shape index (κ1) is 22.6. The predicted molar refractivity (Wildman–Crippen MR) is 111 cm³/mol. The van der Waals surface area contributed by atoms with Crippen LogP contribution in [0.25, 0.3) is 11.3 Å². The van der Waals surface area contributed by atoms with E-state index in [1.807, 2.05) is 18.2 Å². The van der Waals surface area contributed by atoms with Crippen molar-refractivity contribution in [2.45, 2.75) is 32.7 Å². The van der Waals surface area contributed by atoms with Crippen LogP contribution >= 0.6 is 11.3 Å². The molecule has 2 amide bonds. The summed E-state index contributed by atoms with van der Waals surface area (Å²) in [6, 6.07) is 5.88. The molecule has 0 saturated heterocycles. The molecule has 0 aliphatic heterocycles. The average molecular weight is 422 g/mol. The highest BCUT2D eigenvalue weighted by Crippen LogP contribution is 2.34. The Kier molecular flexibility index (Phi) is 8.88. The maximum Gasteiger partial charge on any atom is 0.411 e. The number of rotatable bonds is 12. The molecular weight excluding hydrogens is 394 g/mol. The minimum Gasteiger partial charge on any atom is -0.493 e. The maximum absolute atomic E-state index is 10.9. The van der Waals surface area contributed by atoms with Crippen molar-refractivity contribution in [1.29, 1.82) is 0 Å². The Morgan fingerprint density at radius 1 is 1.34 bits per heavy atom. The zero-order valence-electron chi connectivity index (χ0n) is 16.8. The van der Waals surface area contributed by atoms with E-state index >= 15 is 0 Å². The van der Waals surface area contributed by atoms with Crippen molar-refractivity contribution in [3.05, 3.63) is 29.1 Å². The first-order valence-electron chi connectivity index (χ1n) is 9.32. The highest BCUT2D eigenvalue weighted by atomic mass is 32.1. The third kappa shape index (κ3) is 7.03. The molecule has 0 bridgehead atoms. The second-order valence-corrected chi connectivity index (χ2v) is 7.60. The zero-order chi connectivity index (χ0) is 21.2. The molecule has 1 aromatic heterocycles. The van der Waals surface area contributed by atoms with Gasteiger partial charge in [-0.15, -0.1) is 0 Å². The largest absolute Gasteiger partial charge is 0.493 e. The standard InChI is InChI=1S/C20H27N3O5S/c1-13(2)16(22-12-24)9-14-5-6-15(18(10-14)27-8-4-7-26-3)17-11-29-20(23-17)28-19(21)25/h5-6,10-13,16H,4,7-9H2,1-3H3,(H2,21,25)(H,22,24). The van der Waals surface area contributed by atoms with Crippen LogP contribution in [0.1, 0.15) is 25.8 Å². The number of nitrogens with two attached hydrogens (primary N) is 1. The van der Waals surface area contributed by atoms with E-state index in [0.717, 1.165) is 24.0 Å². The third-order valence-corrected chi connectivity index (χ3v) is 5.00. The first-order valence-corrected chi connectivity index (χ1v) is 10.2. The Bertz CT molecular complexity index is 809. The number of primary amides is 1.